The van der Waals surface area contributed by atoms with E-state index in [-0.39, 0.29) is 17.1 Å². The van der Waals surface area contributed by atoms with Crippen molar-refractivity contribution in [2.24, 2.45) is 0 Å². The van der Waals surface area contributed by atoms with E-state index in [1.807, 2.05) is 5.32 Å². The Morgan fingerprint density at radius 1 is 0.762 bits per heavy atom. The van der Waals surface area contributed by atoms with Gasteiger partial charge in [0.05, 0.1) is 0 Å². The van der Waals surface area contributed by atoms with Gasteiger partial charge >= 0.3 is 0 Å². The average Bonchev–Trinajstić information content (AvgIpc) is 2.42. The van der Waals surface area contributed by atoms with Gasteiger partial charge in [-0.25, -0.2) is 26.3 Å². The van der Waals surface area contributed by atoms with Crippen LogP contribution in [0.3, 0.4) is 0 Å². The van der Waals surface area contributed by atoms with E-state index < -0.39 is 40.6 Å². The molecule has 0 aliphatic carbocycles. The largest absolute Gasteiger partial charge is 0.376 e. The molecular weight excluding hydrogens is 320 g/mol. The van der Waals surface area contributed by atoms with E-state index in [1.165, 1.54) is 6.07 Å². The molecule has 21 heavy (non-hydrogen) atoms. The monoisotopic (exact) mass is 325 g/mol. The second-order valence-corrected chi connectivity index (χ2v) is 4.51. The molecule has 0 aliphatic rings. The molecule has 2 aromatic rings. The molecule has 112 valence electrons. The summed E-state index contributed by atoms with van der Waals surface area (Å²) in [6.45, 7) is -0.379. The van der Waals surface area contributed by atoms with Crippen LogP contribution in [0.4, 0.5) is 32.0 Å². The normalized spacial score (nSPS) is 10.8. The van der Waals surface area contributed by atoms with Crippen molar-refractivity contribution in [2.75, 3.05) is 5.32 Å². The topological polar surface area (TPSA) is 12.0 Å². The Balaban J connectivity index is 2.32. The first kappa shape index (κ1) is 15.5. The van der Waals surface area contributed by atoms with E-state index in [0.717, 1.165) is 12.1 Å². The number of anilines is 1. The van der Waals surface area contributed by atoms with Crippen LogP contribution in [0.5, 0.6) is 0 Å². The van der Waals surface area contributed by atoms with Gasteiger partial charge in [0.15, 0.2) is 23.3 Å². The summed E-state index contributed by atoms with van der Waals surface area (Å²) in [6.07, 6.45) is 0. The lowest BCUT2D eigenvalue weighted by atomic mass is 10.2. The van der Waals surface area contributed by atoms with Crippen molar-refractivity contribution in [2.45, 2.75) is 6.54 Å². The first-order valence-corrected chi connectivity index (χ1v) is 5.89. The molecule has 0 saturated carbocycles. The van der Waals surface area contributed by atoms with Gasteiger partial charge in [-0.15, -0.1) is 0 Å². The lowest BCUT2D eigenvalue weighted by Gasteiger charge is -2.11. The van der Waals surface area contributed by atoms with Gasteiger partial charge in [0.2, 0.25) is 5.82 Å². The van der Waals surface area contributed by atoms with Crippen LogP contribution in [0, 0.1) is 34.9 Å². The maximum absolute atomic E-state index is 13.4. The third kappa shape index (κ3) is 3.07. The Kier molecular flexibility index (Phi) is 4.32. The van der Waals surface area contributed by atoms with Crippen molar-refractivity contribution in [1.29, 1.82) is 0 Å². The van der Waals surface area contributed by atoms with Crippen LogP contribution in [-0.2, 0) is 6.54 Å². The molecule has 0 saturated heterocycles. The standard InChI is InChI=1S/C13H6ClF6N/c14-6-1-5(2-7(15)3-6)4-21-13-11(19)9(17)8(16)10(18)12(13)20/h1-3,21H,4H2. The Hall–Kier alpha value is -1.89. The summed E-state index contributed by atoms with van der Waals surface area (Å²) in [5.41, 5.74) is -1.02. The van der Waals surface area contributed by atoms with Crippen LogP contribution in [0.25, 0.3) is 0 Å². The van der Waals surface area contributed by atoms with Gasteiger partial charge in [0, 0.05) is 11.6 Å². The summed E-state index contributed by atoms with van der Waals surface area (Å²) >= 11 is 5.58. The van der Waals surface area contributed by atoms with Crippen molar-refractivity contribution in [1.82, 2.24) is 0 Å². The molecule has 1 nitrogen and oxygen atoms in total. The van der Waals surface area contributed by atoms with Crippen molar-refractivity contribution in [3.8, 4) is 0 Å². The predicted octanol–water partition coefficient (Wildman–Crippen LogP) is 4.79. The Labute approximate surface area is 120 Å². The number of halogens is 7. The van der Waals surface area contributed by atoms with Crippen LogP contribution in [0.15, 0.2) is 18.2 Å². The molecule has 0 bridgehead atoms. The zero-order valence-corrected chi connectivity index (χ0v) is 10.8. The summed E-state index contributed by atoms with van der Waals surface area (Å²) in [6, 6.07) is 3.29. The maximum atomic E-state index is 13.4. The number of nitrogens with one attached hydrogen (secondary N) is 1. The van der Waals surface area contributed by atoms with E-state index in [2.05, 4.69) is 0 Å². The van der Waals surface area contributed by atoms with E-state index in [1.54, 1.807) is 0 Å². The predicted molar refractivity (Wildman–Crippen MR) is 65.0 cm³/mol. The number of rotatable bonds is 3. The van der Waals surface area contributed by atoms with Gasteiger partial charge < -0.3 is 5.32 Å². The van der Waals surface area contributed by atoms with Gasteiger partial charge in [0.1, 0.15) is 11.5 Å². The van der Waals surface area contributed by atoms with Crippen molar-refractivity contribution < 1.29 is 26.3 Å². The van der Waals surface area contributed by atoms with Crippen molar-refractivity contribution >= 4 is 17.3 Å². The Morgan fingerprint density at radius 3 is 1.81 bits per heavy atom. The smallest absolute Gasteiger partial charge is 0.200 e. The minimum absolute atomic E-state index is 0.0317. The third-order valence-corrected chi connectivity index (χ3v) is 2.82. The quantitative estimate of drug-likeness (QED) is 0.486. The summed E-state index contributed by atoms with van der Waals surface area (Å²) in [5, 5.41) is 2.07. The first-order chi connectivity index (χ1) is 9.81. The van der Waals surface area contributed by atoms with E-state index in [9.17, 15) is 26.3 Å². The van der Waals surface area contributed by atoms with Crippen molar-refractivity contribution in [3.63, 3.8) is 0 Å². The molecule has 1 N–H and O–H groups in total. The average molecular weight is 326 g/mol. The van der Waals surface area contributed by atoms with Crippen LogP contribution in [0.2, 0.25) is 5.02 Å². The number of hydrogen-bond acceptors (Lipinski definition) is 1. The van der Waals surface area contributed by atoms with Gasteiger partial charge in [-0.2, -0.15) is 0 Å². The fourth-order valence-corrected chi connectivity index (χ4v) is 1.91. The molecule has 0 unspecified atom stereocenters. The molecule has 0 amide bonds. The lowest BCUT2D eigenvalue weighted by Crippen LogP contribution is -2.10. The first-order valence-electron chi connectivity index (χ1n) is 5.51. The highest BCUT2D eigenvalue weighted by Crippen LogP contribution is 2.27. The molecule has 0 fully saturated rings. The molecule has 0 spiro atoms. The molecule has 8 heteroatoms. The van der Waals surface area contributed by atoms with Gasteiger partial charge in [-0.1, -0.05) is 11.6 Å². The van der Waals surface area contributed by atoms with E-state index in [0.29, 0.717) is 0 Å². The summed E-state index contributed by atoms with van der Waals surface area (Å²) < 4.78 is 78.6. The lowest BCUT2D eigenvalue weighted by molar-refractivity contribution is 0.381. The highest BCUT2D eigenvalue weighted by atomic mass is 35.5. The fraction of sp³-hybridized carbons (Fsp3) is 0.0769. The minimum Gasteiger partial charge on any atom is -0.376 e. The zero-order chi connectivity index (χ0) is 15.7. The van der Waals surface area contributed by atoms with E-state index in [4.69, 9.17) is 11.6 Å². The fourth-order valence-electron chi connectivity index (χ4n) is 1.66. The second kappa shape index (κ2) is 5.85. The summed E-state index contributed by atoms with van der Waals surface area (Å²) in [5.74, 6) is -11.0. The molecule has 0 aromatic heterocycles. The van der Waals surface area contributed by atoms with Gasteiger partial charge in [-0.3, -0.25) is 0 Å². The zero-order valence-electron chi connectivity index (χ0n) is 10.1. The van der Waals surface area contributed by atoms with Gasteiger partial charge in [0.25, 0.3) is 0 Å². The molecule has 0 heterocycles. The summed E-state index contributed by atoms with van der Waals surface area (Å²) in [7, 11) is 0. The van der Waals surface area contributed by atoms with Crippen LogP contribution >= 0.6 is 11.6 Å². The SMILES string of the molecule is Fc1cc(Cl)cc(CNc2c(F)c(F)c(F)c(F)c2F)c1. The van der Waals surface area contributed by atoms with Crippen LogP contribution in [0.1, 0.15) is 5.56 Å². The molecule has 2 aromatic carbocycles. The van der Waals surface area contributed by atoms with E-state index >= 15 is 0 Å². The highest BCUT2D eigenvalue weighted by Gasteiger charge is 2.25. The highest BCUT2D eigenvalue weighted by molar-refractivity contribution is 6.30. The molecule has 2 rings (SSSR count). The Bertz CT molecular complexity index is 654. The maximum Gasteiger partial charge on any atom is 0.200 e. The van der Waals surface area contributed by atoms with Crippen LogP contribution in [-0.4, -0.2) is 0 Å². The van der Waals surface area contributed by atoms with Crippen LogP contribution < -0.4 is 5.32 Å². The molecule has 0 aliphatic heterocycles. The molecule has 0 radical (unpaired) electrons. The molecule has 0 atom stereocenters. The number of benzene rings is 2. The van der Waals surface area contributed by atoms with Gasteiger partial charge in [-0.05, 0) is 23.8 Å². The second-order valence-electron chi connectivity index (χ2n) is 4.08. The molecular formula is C13H6ClF6N. The minimum atomic E-state index is -2.25. The summed E-state index contributed by atoms with van der Waals surface area (Å²) in [4.78, 5) is 0. The Morgan fingerprint density at radius 2 is 1.29 bits per heavy atom. The third-order valence-electron chi connectivity index (χ3n) is 2.60. The number of hydrogen-bond donors (Lipinski definition) is 1. The van der Waals surface area contributed by atoms with Crippen molar-refractivity contribution in [3.05, 3.63) is 63.7 Å².